The van der Waals surface area contributed by atoms with Crippen LogP contribution in [0, 0.1) is 5.92 Å². The average Bonchev–Trinajstić information content (AvgIpc) is 3.67. The first-order valence-electron chi connectivity index (χ1n) is 12.4. The molecule has 2 aliphatic rings. The molecule has 1 aromatic heterocycles. The summed E-state index contributed by atoms with van der Waals surface area (Å²) >= 11 is 0. The first-order chi connectivity index (χ1) is 17.1. The summed E-state index contributed by atoms with van der Waals surface area (Å²) in [7, 11) is 1.69. The first-order valence-corrected chi connectivity index (χ1v) is 12.4. The lowest BCUT2D eigenvalue weighted by Gasteiger charge is -2.32. The molecule has 0 spiro atoms. The number of benzene rings is 3. The van der Waals surface area contributed by atoms with Crippen molar-refractivity contribution >= 4 is 39.2 Å². The van der Waals surface area contributed by atoms with Gasteiger partial charge in [-0.05, 0) is 78.3 Å². The average molecular weight is 468 g/mol. The molecular weight excluding hydrogens is 438 g/mol. The fourth-order valence-corrected chi connectivity index (χ4v) is 5.25. The number of aromatic nitrogens is 1. The van der Waals surface area contributed by atoms with E-state index in [0.29, 0.717) is 30.3 Å². The van der Waals surface area contributed by atoms with Gasteiger partial charge in [0.2, 0.25) is 5.91 Å². The summed E-state index contributed by atoms with van der Waals surface area (Å²) in [6.07, 6.45) is 5.74. The maximum atomic E-state index is 13.7. The van der Waals surface area contributed by atoms with E-state index in [1.54, 1.807) is 7.11 Å². The van der Waals surface area contributed by atoms with Crippen molar-refractivity contribution in [2.45, 2.75) is 31.6 Å². The summed E-state index contributed by atoms with van der Waals surface area (Å²) in [4.78, 5) is 31.5. The smallest absolute Gasteiger partial charge is 0.255 e. The van der Waals surface area contributed by atoms with E-state index in [0.717, 1.165) is 47.7 Å². The van der Waals surface area contributed by atoms with Crippen LogP contribution in [0.1, 0.15) is 47.5 Å². The number of nitrogens with zero attached hydrogens (tertiary/aromatic N) is 1. The molecule has 0 bridgehead atoms. The van der Waals surface area contributed by atoms with Crippen molar-refractivity contribution in [2.75, 3.05) is 25.5 Å². The van der Waals surface area contributed by atoms with Crippen molar-refractivity contribution in [1.29, 1.82) is 0 Å². The van der Waals surface area contributed by atoms with Crippen molar-refractivity contribution in [3.63, 3.8) is 0 Å². The van der Waals surface area contributed by atoms with Crippen LogP contribution in [0.4, 0.5) is 5.69 Å². The molecule has 1 saturated heterocycles. The topological polar surface area (TPSA) is 74.4 Å². The number of carbonyl (C=O) groups excluding carboxylic acids is 2. The highest BCUT2D eigenvalue weighted by Crippen LogP contribution is 2.36. The van der Waals surface area contributed by atoms with E-state index in [4.69, 9.17) is 4.74 Å². The van der Waals surface area contributed by atoms with E-state index in [1.165, 1.54) is 10.9 Å². The lowest BCUT2D eigenvalue weighted by atomic mass is 9.89. The van der Waals surface area contributed by atoms with Gasteiger partial charge in [0.15, 0.2) is 0 Å². The molecule has 0 atom stereocenters. The third-order valence-electron chi connectivity index (χ3n) is 7.47. The first kappa shape index (κ1) is 21.7. The number of fused-ring (bicyclic) bond motifs is 2. The highest BCUT2D eigenvalue weighted by molar-refractivity contribution is 6.08. The monoisotopic (exact) mass is 467 g/mol. The fraction of sp³-hybridized carbons (Fsp3) is 0.310. The number of piperidine rings is 1. The van der Waals surface area contributed by atoms with Gasteiger partial charge in [0.1, 0.15) is 5.75 Å². The Bertz CT molecular complexity index is 1430. The number of aromatic amines is 1. The zero-order chi connectivity index (χ0) is 23.9. The third-order valence-corrected chi connectivity index (χ3v) is 7.47. The van der Waals surface area contributed by atoms with Crippen LogP contribution in [0.3, 0.4) is 0 Å². The number of anilines is 1. The number of ether oxygens (including phenoxy) is 1. The van der Waals surface area contributed by atoms with Gasteiger partial charge in [0, 0.05) is 36.1 Å². The van der Waals surface area contributed by atoms with Gasteiger partial charge in [0.25, 0.3) is 5.91 Å². The van der Waals surface area contributed by atoms with Gasteiger partial charge in [-0.25, -0.2) is 0 Å². The Hall–Kier alpha value is -3.80. The molecule has 1 aliphatic heterocycles. The lowest BCUT2D eigenvalue weighted by Crippen LogP contribution is -2.38. The largest absolute Gasteiger partial charge is 0.497 e. The number of likely N-dealkylation sites (tertiary alicyclic amines) is 1. The SMILES string of the molecule is COc1ccc2[nH]cc(C3CCN(C(=O)c4cc5ccccc5cc4NC(=O)C4CC4)CC3)c2c1. The van der Waals surface area contributed by atoms with Crippen molar-refractivity contribution in [2.24, 2.45) is 5.92 Å². The molecule has 35 heavy (non-hydrogen) atoms. The maximum Gasteiger partial charge on any atom is 0.255 e. The van der Waals surface area contributed by atoms with Crippen LogP contribution in [0.5, 0.6) is 5.75 Å². The van der Waals surface area contributed by atoms with Crippen molar-refractivity contribution in [3.8, 4) is 5.75 Å². The molecule has 6 heteroatoms. The molecule has 1 aliphatic carbocycles. The van der Waals surface area contributed by atoms with Crippen LogP contribution in [0.15, 0.2) is 60.8 Å². The van der Waals surface area contributed by atoms with Gasteiger partial charge in [-0.15, -0.1) is 0 Å². The molecule has 2 amide bonds. The summed E-state index contributed by atoms with van der Waals surface area (Å²) < 4.78 is 5.42. The molecule has 2 heterocycles. The molecular formula is C29H29N3O3. The van der Waals surface area contributed by atoms with Gasteiger partial charge in [-0.2, -0.15) is 0 Å². The van der Waals surface area contributed by atoms with Crippen LogP contribution in [0.2, 0.25) is 0 Å². The third kappa shape index (κ3) is 4.14. The van der Waals surface area contributed by atoms with E-state index in [2.05, 4.69) is 22.6 Å². The molecule has 6 rings (SSSR count). The number of H-pyrrole nitrogens is 1. The van der Waals surface area contributed by atoms with Gasteiger partial charge in [0.05, 0.1) is 18.4 Å². The molecule has 0 unspecified atom stereocenters. The van der Waals surface area contributed by atoms with Crippen LogP contribution in [0.25, 0.3) is 21.7 Å². The predicted octanol–water partition coefficient (Wildman–Crippen LogP) is 5.70. The van der Waals surface area contributed by atoms with E-state index in [-0.39, 0.29) is 17.7 Å². The van der Waals surface area contributed by atoms with Gasteiger partial charge in [-0.1, -0.05) is 24.3 Å². The molecule has 1 saturated carbocycles. The van der Waals surface area contributed by atoms with Crippen LogP contribution in [-0.2, 0) is 4.79 Å². The molecule has 2 N–H and O–H groups in total. The Morgan fingerprint density at radius 1 is 0.971 bits per heavy atom. The number of amides is 2. The van der Waals surface area contributed by atoms with Gasteiger partial charge < -0.3 is 19.9 Å². The summed E-state index contributed by atoms with van der Waals surface area (Å²) in [5, 5.41) is 6.25. The Morgan fingerprint density at radius 2 is 1.71 bits per heavy atom. The fourth-order valence-electron chi connectivity index (χ4n) is 5.25. The summed E-state index contributed by atoms with van der Waals surface area (Å²) in [5.74, 6) is 1.31. The minimum absolute atomic E-state index is 0.0131. The quantitative estimate of drug-likeness (QED) is 0.396. The zero-order valence-corrected chi connectivity index (χ0v) is 19.8. The molecule has 3 aromatic carbocycles. The standard InChI is InChI=1S/C29H29N3O3/c1-35-22-8-9-26-23(16-22)25(17-30-26)18-10-12-32(13-11-18)29(34)24-14-20-4-2-3-5-21(20)15-27(24)31-28(33)19-6-7-19/h2-5,8-9,14-19,30H,6-7,10-13H2,1H3,(H,31,33). The number of nitrogens with one attached hydrogen (secondary N) is 2. The Morgan fingerprint density at radius 3 is 2.43 bits per heavy atom. The maximum absolute atomic E-state index is 13.7. The molecule has 4 aromatic rings. The number of hydrogen-bond acceptors (Lipinski definition) is 3. The van der Waals surface area contributed by atoms with Gasteiger partial charge >= 0.3 is 0 Å². The Kier molecular flexibility index (Phi) is 5.44. The van der Waals surface area contributed by atoms with E-state index >= 15 is 0 Å². The number of methoxy groups -OCH3 is 1. The summed E-state index contributed by atoms with van der Waals surface area (Å²) in [5.41, 5.74) is 3.59. The Labute approximate surface area is 204 Å². The number of rotatable bonds is 5. The number of carbonyl (C=O) groups is 2. The second-order valence-electron chi connectivity index (χ2n) is 9.73. The molecule has 0 radical (unpaired) electrons. The summed E-state index contributed by atoms with van der Waals surface area (Å²) in [6, 6.07) is 17.9. The second-order valence-corrected chi connectivity index (χ2v) is 9.73. The summed E-state index contributed by atoms with van der Waals surface area (Å²) in [6.45, 7) is 1.37. The van der Waals surface area contributed by atoms with E-state index in [9.17, 15) is 9.59 Å². The van der Waals surface area contributed by atoms with Crippen molar-refractivity contribution in [3.05, 3.63) is 71.9 Å². The highest BCUT2D eigenvalue weighted by Gasteiger charge is 2.32. The lowest BCUT2D eigenvalue weighted by molar-refractivity contribution is -0.117. The number of hydrogen-bond donors (Lipinski definition) is 2. The van der Waals surface area contributed by atoms with Crippen LogP contribution < -0.4 is 10.1 Å². The van der Waals surface area contributed by atoms with E-state index < -0.39 is 0 Å². The van der Waals surface area contributed by atoms with Crippen LogP contribution >= 0.6 is 0 Å². The van der Waals surface area contributed by atoms with Crippen molar-refractivity contribution in [1.82, 2.24) is 9.88 Å². The minimum Gasteiger partial charge on any atom is -0.497 e. The normalized spacial score (nSPS) is 16.5. The molecule has 6 nitrogen and oxygen atoms in total. The Balaban J connectivity index is 1.24. The second kappa shape index (κ2) is 8.77. The van der Waals surface area contributed by atoms with E-state index in [1.807, 2.05) is 53.4 Å². The highest BCUT2D eigenvalue weighted by atomic mass is 16.5. The molecule has 178 valence electrons. The minimum atomic E-state index is -0.0131. The predicted molar refractivity (Wildman–Crippen MR) is 138 cm³/mol. The van der Waals surface area contributed by atoms with Gasteiger partial charge in [-0.3, -0.25) is 9.59 Å². The molecule has 2 fully saturated rings. The van der Waals surface area contributed by atoms with Crippen LogP contribution in [-0.4, -0.2) is 41.9 Å². The van der Waals surface area contributed by atoms with Crippen molar-refractivity contribution < 1.29 is 14.3 Å². The zero-order valence-electron chi connectivity index (χ0n) is 19.8.